The fourth-order valence-corrected chi connectivity index (χ4v) is 2.00. The van der Waals surface area contributed by atoms with Crippen LogP contribution in [0, 0.1) is 5.82 Å². The molecular formula is C17H18FN3O2. The lowest BCUT2D eigenvalue weighted by atomic mass is 10.1. The summed E-state index contributed by atoms with van der Waals surface area (Å²) in [6.45, 7) is 0.283. The van der Waals surface area contributed by atoms with Crippen molar-refractivity contribution in [1.29, 1.82) is 0 Å². The molecule has 2 amide bonds. The zero-order valence-corrected chi connectivity index (χ0v) is 13.0. The highest BCUT2D eigenvalue weighted by Gasteiger charge is 2.10. The summed E-state index contributed by atoms with van der Waals surface area (Å²) in [5, 5.41) is 5.01. The van der Waals surface area contributed by atoms with Crippen molar-refractivity contribution < 1.29 is 14.0 Å². The molecule has 2 aromatic carbocycles. The van der Waals surface area contributed by atoms with Gasteiger partial charge in [0.15, 0.2) is 5.78 Å². The van der Waals surface area contributed by atoms with Gasteiger partial charge in [0.05, 0.1) is 12.2 Å². The molecule has 0 unspecified atom stereocenters. The second-order valence-electron chi connectivity index (χ2n) is 5.30. The fraction of sp³-hybridized carbons (Fsp3) is 0.176. The number of Topliss-reactive ketones (excluding diaryl/α,β-unsaturated/α-hetero) is 1. The minimum Gasteiger partial charge on any atom is -0.308 e. The molecule has 0 aliphatic carbocycles. The van der Waals surface area contributed by atoms with Crippen molar-refractivity contribution in [3.05, 3.63) is 59.9 Å². The number of urea groups is 1. The first-order chi connectivity index (χ1) is 11.0. The number of carbonyl (C=O) groups excluding carboxylic acids is 2. The lowest BCUT2D eigenvalue weighted by Crippen LogP contribution is -2.22. The average molecular weight is 315 g/mol. The molecule has 0 saturated heterocycles. The van der Waals surface area contributed by atoms with Gasteiger partial charge in [-0.2, -0.15) is 0 Å². The molecule has 2 aromatic rings. The van der Waals surface area contributed by atoms with Crippen LogP contribution in [0.2, 0.25) is 0 Å². The Morgan fingerprint density at radius 3 is 2.48 bits per heavy atom. The number of amides is 2. The normalized spacial score (nSPS) is 10.4. The van der Waals surface area contributed by atoms with E-state index in [1.54, 1.807) is 35.2 Å². The molecule has 0 spiro atoms. The highest BCUT2D eigenvalue weighted by Crippen LogP contribution is 2.15. The van der Waals surface area contributed by atoms with Gasteiger partial charge in [-0.15, -0.1) is 0 Å². The Kier molecular flexibility index (Phi) is 5.43. The highest BCUT2D eigenvalue weighted by atomic mass is 19.1. The number of hydrogen-bond acceptors (Lipinski definition) is 3. The van der Waals surface area contributed by atoms with Crippen molar-refractivity contribution in [2.24, 2.45) is 0 Å². The zero-order chi connectivity index (χ0) is 16.8. The topological polar surface area (TPSA) is 61.4 Å². The lowest BCUT2D eigenvalue weighted by Gasteiger charge is -2.11. The second kappa shape index (κ2) is 7.51. The highest BCUT2D eigenvalue weighted by molar-refractivity contribution is 6.02. The van der Waals surface area contributed by atoms with Crippen LogP contribution in [-0.4, -0.2) is 37.4 Å². The van der Waals surface area contributed by atoms with Gasteiger partial charge in [0, 0.05) is 11.3 Å². The van der Waals surface area contributed by atoms with Gasteiger partial charge >= 0.3 is 6.03 Å². The summed E-state index contributed by atoms with van der Waals surface area (Å²) in [4.78, 5) is 25.7. The SMILES string of the molecule is CN(C)CC(=O)c1cccc(NC(=O)Nc2ccccc2F)c1. The van der Waals surface area contributed by atoms with Crippen molar-refractivity contribution in [3.8, 4) is 0 Å². The molecule has 120 valence electrons. The Morgan fingerprint density at radius 1 is 1.04 bits per heavy atom. The van der Waals surface area contributed by atoms with Crippen LogP contribution in [0.25, 0.3) is 0 Å². The van der Waals surface area contributed by atoms with E-state index in [4.69, 9.17) is 0 Å². The van der Waals surface area contributed by atoms with Gasteiger partial charge in [-0.25, -0.2) is 9.18 Å². The number of para-hydroxylation sites is 1. The number of anilines is 2. The third-order valence-electron chi connectivity index (χ3n) is 3.02. The van der Waals surface area contributed by atoms with E-state index in [0.717, 1.165) is 0 Å². The van der Waals surface area contributed by atoms with Crippen molar-refractivity contribution >= 4 is 23.2 Å². The van der Waals surface area contributed by atoms with Gasteiger partial charge in [-0.3, -0.25) is 4.79 Å². The van der Waals surface area contributed by atoms with Gasteiger partial charge in [0.1, 0.15) is 5.82 Å². The molecule has 0 fully saturated rings. The van der Waals surface area contributed by atoms with Crippen molar-refractivity contribution in [1.82, 2.24) is 4.90 Å². The number of ketones is 1. The van der Waals surface area contributed by atoms with Crippen molar-refractivity contribution in [2.75, 3.05) is 31.3 Å². The van der Waals surface area contributed by atoms with Crippen molar-refractivity contribution in [2.45, 2.75) is 0 Å². The number of carbonyl (C=O) groups is 2. The first-order valence-corrected chi connectivity index (χ1v) is 7.06. The first-order valence-electron chi connectivity index (χ1n) is 7.06. The van der Waals surface area contributed by atoms with Gasteiger partial charge in [-0.05, 0) is 38.4 Å². The summed E-state index contributed by atoms with van der Waals surface area (Å²) in [6.07, 6.45) is 0. The second-order valence-corrected chi connectivity index (χ2v) is 5.30. The van der Waals surface area contributed by atoms with Gasteiger partial charge < -0.3 is 15.5 Å². The molecule has 0 aliphatic heterocycles. The van der Waals surface area contributed by atoms with E-state index < -0.39 is 11.8 Å². The van der Waals surface area contributed by atoms with Crippen LogP contribution >= 0.6 is 0 Å². The van der Waals surface area contributed by atoms with Gasteiger partial charge in [0.25, 0.3) is 0 Å². The minimum absolute atomic E-state index is 0.0480. The summed E-state index contributed by atoms with van der Waals surface area (Å²) >= 11 is 0. The molecule has 2 N–H and O–H groups in total. The predicted octanol–water partition coefficient (Wildman–Crippen LogP) is 3.21. The fourth-order valence-electron chi connectivity index (χ4n) is 2.00. The first kappa shape index (κ1) is 16.6. The van der Waals surface area contributed by atoms with Crippen LogP contribution in [-0.2, 0) is 0 Å². The van der Waals surface area contributed by atoms with Crippen LogP contribution in [0.15, 0.2) is 48.5 Å². The van der Waals surface area contributed by atoms with Crippen LogP contribution in [0.4, 0.5) is 20.6 Å². The quantitative estimate of drug-likeness (QED) is 0.833. The monoisotopic (exact) mass is 315 g/mol. The predicted molar refractivity (Wildman–Crippen MR) is 88.4 cm³/mol. The Hall–Kier alpha value is -2.73. The summed E-state index contributed by atoms with van der Waals surface area (Å²) in [6, 6.07) is 11.9. The number of rotatable bonds is 5. The molecule has 0 bridgehead atoms. The Bertz CT molecular complexity index is 716. The smallest absolute Gasteiger partial charge is 0.308 e. The summed E-state index contributed by atoms with van der Waals surface area (Å²) < 4.78 is 13.5. The number of likely N-dealkylation sites (N-methyl/N-ethyl adjacent to an activating group) is 1. The molecule has 23 heavy (non-hydrogen) atoms. The molecule has 0 aliphatic rings. The van der Waals surface area contributed by atoms with Gasteiger partial charge in [0.2, 0.25) is 0 Å². The molecule has 0 radical (unpaired) electrons. The van der Waals surface area contributed by atoms with Crippen LogP contribution in [0.5, 0.6) is 0 Å². The maximum atomic E-state index is 13.5. The third-order valence-corrected chi connectivity index (χ3v) is 3.02. The number of nitrogens with one attached hydrogen (secondary N) is 2. The molecular weight excluding hydrogens is 297 g/mol. The number of nitrogens with zero attached hydrogens (tertiary/aromatic N) is 1. The van der Waals surface area contributed by atoms with E-state index in [9.17, 15) is 14.0 Å². The van der Waals surface area contributed by atoms with E-state index in [1.807, 2.05) is 14.1 Å². The minimum atomic E-state index is -0.577. The molecule has 0 heterocycles. The summed E-state index contributed by atoms with van der Waals surface area (Å²) in [7, 11) is 3.61. The van der Waals surface area contributed by atoms with E-state index in [1.165, 1.54) is 18.2 Å². The number of benzene rings is 2. The number of hydrogen-bond donors (Lipinski definition) is 2. The summed E-state index contributed by atoms with van der Waals surface area (Å²) in [5.74, 6) is -0.564. The molecule has 0 atom stereocenters. The lowest BCUT2D eigenvalue weighted by molar-refractivity contribution is 0.0958. The number of halogens is 1. The van der Waals surface area contributed by atoms with Crippen LogP contribution < -0.4 is 10.6 Å². The third kappa shape index (κ3) is 4.89. The van der Waals surface area contributed by atoms with Crippen LogP contribution in [0.3, 0.4) is 0 Å². The Balaban J connectivity index is 2.04. The van der Waals surface area contributed by atoms with E-state index in [2.05, 4.69) is 10.6 Å². The van der Waals surface area contributed by atoms with Gasteiger partial charge in [-0.1, -0.05) is 24.3 Å². The Morgan fingerprint density at radius 2 is 1.78 bits per heavy atom. The molecule has 5 nitrogen and oxygen atoms in total. The van der Waals surface area contributed by atoms with Crippen molar-refractivity contribution in [3.63, 3.8) is 0 Å². The Labute approximate surface area is 134 Å². The average Bonchev–Trinajstić information content (AvgIpc) is 2.49. The molecule has 2 rings (SSSR count). The largest absolute Gasteiger partial charge is 0.323 e. The van der Waals surface area contributed by atoms with E-state index in [0.29, 0.717) is 11.3 Å². The molecule has 0 saturated carbocycles. The van der Waals surface area contributed by atoms with E-state index >= 15 is 0 Å². The zero-order valence-electron chi connectivity index (χ0n) is 13.0. The molecule has 6 heteroatoms. The maximum absolute atomic E-state index is 13.5. The molecule has 0 aromatic heterocycles. The van der Waals surface area contributed by atoms with Crippen LogP contribution in [0.1, 0.15) is 10.4 Å². The maximum Gasteiger partial charge on any atom is 0.323 e. The standard InChI is InChI=1S/C17H18FN3O2/c1-21(2)11-16(22)12-6-5-7-13(10-12)19-17(23)20-15-9-4-3-8-14(15)18/h3-10H,11H2,1-2H3,(H2,19,20,23). The summed E-state index contributed by atoms with van der Waals surface area (Å²) in [5.41, 5.74) is 1.05. The van der Waals surface area contributed by atoms with E-state index in [-0.39, 0.29) is 18.0 Å².